The van der Waals surface area contributed by atoms with Gasteiger partial charge in [-0.05, 0) is 12.5 Å². The quantitative estimate of drug-likeness (QED) is 0.576. The minimum atomic E-state index is -0.471. The van der Waals surface area contributed by atoms with Crippen molar-refractivity contribution in [1.29, 1.82) is 0 Å². The third-order valence-corrected chi connectivity index (χ3v) is 2.53. The van der Waals surface area contributed by atoms with Crippen LogP contribution in [0.1, 0.15) is 18.5 Å². The van der Waals surface area contributed by atoms with Crippen LogP contribution in [-0.4, -0.2) is 35.5 Å². The maximum Gasteiger partial charge on any atom is 0.141 e. The fraction of sp³-hybridized carbons (Fsp3) is 0.357. The number of benzene rings is 1. The van der Waals surface area contributed by atoms with Gasteiger partial charge in [-0.25, -0.2) is 0 Å². The largest absolute Gasteiger partial charge is 0.392 e. The molecule has 17 heavy (non-hydrogen) atoms. The van der Waals surface area contributed by atoms with Gasteiger partial charge in [0.25, 0.3) is 0 Å². The van der Waals surface area contributed by atoms with Gasteiger partial charge in [0.1, 0.15) is 6.29 Å². The van der Waals surface area contributed by atoms with Crippen molar-refractivity contribution >= 4 is 6.29 Å². The van der Waals surface area contributed by atoms with Gasteiger partial charge in [-0.15, -0.1) is 6.58 Å². The first kappa shape index (κ1) is 13.6. The Bertz CT molecular complexity index is 348. The standard InChI is InChI=1S/C14H19NO2/c1-3-9-15(10-12(2)17)14(11-16)13-7-5-4-6-8-13/h3-8,11-12,14,17H,1,9-10H2,2H3/t12-,14+/m0/s1. The normalized spacial score (nSPS) is 14.3. The zero-order valence-corrected chi connectivity index (χ0v) is 10.1. The van der Waals surface area contributed by atoms with Gasteiger partial charge in [-0.2, -0.15) is 0 Å². The van der Waals surface area contributed by atoms with E-state index in [1.807, 2.05) is 35.2 Å². The highest BCUT2D eigenvalue weighted by Gasteiger charge is 2.19. The molecule has 0 aliphatic carbocycles. The summed E-state index contributed by atoms with van der Waals surface area (Å²) in [7, 11) is 0. The fourth-order valence-corrected chi connectivity index (χ4v) is 1.83. The minimum absolute atomic E-state index is 0.330. The molecule has 0 aliphatic rings. The number of rotatable bonds is 7. The molecule has 92 valence electrons. The Morgan fingerprint density at radius 3 is 2.53 bits per heavy atom. The van der Waals surface area contributed by atoms with Crippen LogP contribution in [0.2, 0.25) is 0 Å². The molecule has 0 unspecified atom stereocenters. The molecule has 3 nitrogen and oxygen atoms in total. The maximum absolute atomic E-state index is 11.2. The zero-order chi connectivity index (χ0) is 12.7. The number of hydrogen-bond acceptors (Lipinski definition) is 3. The van der Waals surface area contributed by atoms with Crippen LogP contribution >= 0.6 is 0 Å². The van der Waals surface area contributed by atoms with Crippen molar-refractivity contribution in [3.05, 3.63) is 48.6 Å². The smallest absolute Gasteiger partial charge is 0.141 e. The molecule has 0 heterocycles. The van der Waals surface area contributed by atoms with Crippen molar-refractivity contribution in [2.24, 2.45) is 0 Å². The Morgan fingerprint density at radius 1 is 1.41 bits per heavy atom. The van der Waals surface area contributed by atoms with Crippen molar-refractivity contribution in [2.45, 2.75) is 19.1 Å². The summed E-state index contributed by atoms with van der Waals surface area (Å²) in [6.45, 7) is 6.41. The molecular formula is C14H19NO2. The molecule has 0 aliphatic heterocycles. The first-order valence-corrected chi connectivity index (χ1v) is 5.72. The summed E-state index contributed by atoms with van der Waals surface area (Å²) in [5.74, 6) is 0. The number of carbonyl (C=O) groups excluding carboxylic acids is 1. The molecule has 0 amide bonds. The van der Waals surface area contributed by atoms with Crippen LogP contribution in [0.4, 0.5) is 0 Å². The van der Waals surface area contributed by atoms with E-state index in [4.69, 9.17) is 0 Å². The molecular weight excluding hydrogens is 214 g/mol. The summed E-state index contributed by atoms with van der Waals surface area (Å²) in [6, 6.07) is 9.22. The second kappa shape index (κ2) is 6.99. The van der Waals surface area contributed by atoms with E-state index in [0.29, 0.717) is 13.1 Å². The van der Waals surface area contributed by atoms with E-state index in [1.165, 1.54) is 0 Å². The number of hydrogen-bond donors (Lipinski definition) is 1. The van der Waals surface area contributed by atoms with Crippen LogP contribution < -0.4 is 0 Å². The second-order valence-electron chi connectivity index (χ2n) is 4.08. The lowest BCUT2D eigenvalue weighted by molar-refractivity contribution is -0.112. The Hall–Kier alpha value is -1.45. The molecule has 1 N–H and O–H groups in total. The van der Waals surface area contributed by atoms with Crippen LogP contribution in [0.15, 0.2) is 43.0 Å². The number of aliphatic hydroxyl groups is 1. The summed E-state index contributed by atoms with van der Waals surface area (Å²) in [4.78, 5) is 13.1. The lowest BCUT2D eigenvalue weighted by atomic mass is 10.1. The summed E-state index contributed by atoms with van der Waals surface area (Å²) in [5.41, 5.74) is 0.935. The molecule has 0 fully saturated rings. The highest BCUT2D eigenvalue weighted by Crippen LogP contribution is 2.18. The van der Waals surface area contributed by atoms with Gasteiger partial charge in [0.05, 0.1) is 12.1 Å². The lowest BCUT2D eigenvalue weighted by Gasteiger charge is -2.28. The molecule has 0 saturated heterocycles. The van der Waals surface area contributed by atoms with Crippen LogP contribution in [-0.2, 0) is 4.79 Å². The highest BCUT2D eigenvalue weighted by atomic mass is 16.3. The Labute approximate surface area is 102 Å². The molecule has 0 bridgehead atoms. The van der Waals surface area contributed by atoms with E-state index in [-0.39, 0.29) is 6.04 Å². The Balaban J connectivity index is 2.88. The number of carbonyl (C=O) groups is 1. The van der Waals surface area contributed by atoms with Crippen LogP contribution in [0.25, 0.3) is 0 Å². The third-order valence-electron chi connectivity index (χ3n) is 2.53. The molecule has 1 aromatic rings. The summed E-state index contributed by atoms with van der Waals surface area (Å²) >= 11 is 0. The van der Waals surface area contributed by atoms with Crippen molar-refractivity contribution in [3.8, 4) is 0 Å². The van der Waals surface area contributed by atoms with Crippen LogP contribution in [0.5, 0.6) is 0 Å². The molecule has 1 aromatic carbocycles. The molecule has 0 radical (unpaired) electrons. The van der Waals surface area contributed by atoms with Crippen molar-refractivity contribution in [3.63, 3.8) is 0 Å². The third kappa shape index (κ3) is 4.13. The second-order valence-corrected chi connectivity index (χ2v) is 4.08. The predicted octanol–water partition coefficient (Wildman–Crippen LogP) is 1.80. The van der Waals surface area contributed by atoms with E-state index in [2.05, 4.69) is 6.58 Å². The van der Waals surface area contributed by atoms with Crippen molar-refractivity contribution in [1.82, 2.24) is 4.90 Å². The number of nitrogens with zero attached hydrogens (tertiary/aromatic N) is 1. The minimum Gasteiger partial charge on any atom is -0.392 e. The van der Waals surface area contributed by atoms with Crippen molar-refractivity contribution in [2.75, 3.05) is 13.1 Å². The topological polar surface area (TPSA) is 40.5 Å². The SMILES string of the molecule is C=CCN(C[C@H](C)O)[C@H](C=O)c1ccccc1. The van der Waals surface area contributed by atoms with E-state index < -0.39 is 6.10 Å². The van der Waals surface area contributed by atoms with Crippen molar-refractivity contribution < 1.29 is 9.90 Å². The monoisotopic (exact) mass is 233 g/mol. The van der Waals surface area contributed by atoms with E-state index >= 15 is 0 Å². The molecule has 3 heteroatoms. The first-order chi connectivity index (χ1) is 8.19. The molecule has 1 rings (SSSR count). The van der Waals surface area contributed by atoms with E-state index in [0.717, 1.165) is 11.8 Å². The average Bonchev–Trinajstić information content (AvgIpc) is 2.31. The Morgan fingerprint density at radius 2 is 2.06 bits per heavy atom. The molecule has 0 spiro atoms. The molecule has 2 atom stereocenters. The molecule has 0 aromatic heterocycles. The van der Waals surface area contributed by atoms with Gasteiger partial charge in [0.15, 0.2) is 0 Å². The summed E-state index contributed by atoms with van der Waals surface area (Å²) in [5, 5.41) is 9.45. The van der Waals surface area contributed by atoms with Gasteiger partial charge in [-0.3, -0.25) is 4.90 Å². The predicted molar refractivity (Wildman–Crippen MR) is 68.7 cm³/mol. The molecule has 0 saturated carbocycles. The van der Waals surface area contributed by atoms with Crippen LogP contribution in [0.3, 0.4) is 0 Å². The summed E-state index contributed by atoms with van der Waals surface area (Å²) in [6.07, 6.45) is 2.17. The Kier molecular flexibility index (Phi) is 5.60. The van der Waals surface area contributed by atoms with Crippen LogP contribution in [0, 0.1) is 0 Å². The average molecular weight is 233 g/mol. The van der Waals surface area contributed by atoms with Gasteiger partial charge < -0.3 is 9.90 Å². The van der Waals surface area contributed by atoms with E-state index in [9.17, 15) is 9.90 Å². The van der Waals surface area contributed by atoms with Gasteiger partial charge in [-0.1, -0.05) is 36.4 Å². The van der Waals surface area contributed by atoms with Gasteiger partial charge in [0.2, 0.25) is 0 Å². The fourth-order valence-electron chi connectivity index (χ4n) is 1.83. The van der Waals surface area contributed by atoms with Gasteiger partial charge >= 0.3 is 0 Å². The first-order valence-electron chi connectivity index (χ1n) is 5.72. The lowest BCUT2D eigenvalue weighted by Crippen LogP contribution is -2.35. The van der Waals surface area contributed by atoms with E-state index in [1.54, 1.807) is 13.0 Å². The van der Waals surface area contributed by atoms with Gasteiger partial charge in [0, 0.05) is 13.1 Å². The number of aldehydes is 1. The highest BCUT2D eigenvalue weighted by molar-refractivity contribution is 5.61. The summed E-state index contributed by atoms with van der Waals surface area (Å²) < 4.78 is 0. The number of aliphatic hydroxyl groups excluding tert-OH is 1. The maximum atomic E-state index is 11.2. The zero-order valence-electron chi connectivity index (χ0n) is 10.1.